The van der Waals surface area contributed by atoms with Crippen LogP contribution in [-0.2, 0) is 9.59 Å². The maximum Gasteiger partial charge on any atom is 0.228 e. The van der Waals surface area contributed by atoms with E-state index in [1.807, 2.05) is 11.8 Å². The number of nitrogens with zero attached hydrogens (tertiary/aromatic N) is 5. The Kier molecular flexibility index (Phi) is 5.17. The van der Waals surface area contributed by atoms with Crippen LogP contribution >= 0.6 is 0 Å². The largest absolute Gasteiger partial charge is 0.354 e. The van der Waals surface area contributed by atoms with Gasteiger partial charge in [-0.1, -0.05) is 0 Å². The van der Waals surface area contributed by atoms with Gasteiger partial charge in [0, 0.05) is 51.9 Å². The fourth-order valence-corrected chi connectivity index (χ4v) is 3.59. The number of nitriles is 1. The van der Waals surface area contributed by atoms with E-state index in [0.717, 1.165) is 13.0 Å². The van der Waals surface area contributed by atoms with Crippen molar-refractivity contribution in [1.82, 2.24) is 14.8 Å². The van der Waals surface area contributed by atoms with Crippen molar-refractivity contribution < 1.29 is 9.59 Å². The lowest BCUT2D eigenvalue weighted by molar-refractivity contribution is -0.135. The van der Waals surface area contributed by atoms with Crippen molar-refractivity contribution in [1.29, 1.82) is 5.26 Å². The second kappa shape index (κ2) is 7.51. The smallest absolute Gasteiger partial charge is 0.228 e. The molecule has 2 aliphatic heterocycles. The molecule has 2 saturated heterocycles. The third-order valence-corrected chi connectivity index (χ3v) is 4.96. The average Bonchev–Trinajstić information content (AvgIpc) is 2.86. The summed E-state index contributed by atoms with van der Waals surface area (Å²) in [7, 11) is 0. The third kappa shape index (κ3) is 3.58. The summed E-state index contributed by atoms with van der Waals surface area (Å²) in [6.07, 6.45) is 2.84. The van der Waals surface area contributed by atoms with Crippen LogP contribution < -0.4 is 4.90 Å². The maximum absolute atomic E-state index is 12.8. The van der Waals surface area contributed by atoms with Crippen LogP contribution in [0.4, 0.5) is 5.82 Å². The van der Waals surface area contributed by atoms with Gasteiger partial charge in [0.25, 0.3) is 0 Å². The van der Waals surface area contributed by atoms with Crippen molar-refractivity contribution in [3.63, 3.8) is 0 Å². The molecule has 0 bridgehead atoms. The zero-order chi connectivity index (χ0) is 17.8. The predicted octanol–water partition coefficient (Wildman–Crippen LogP) is 0.860. The van der Waals surface area contributed by atoms with Crippen molar-refractivity contribution >= 4 is 17.6 Å². The highest BCUT2D eigenvalue weighted by Crippen LogP contribution is 2.22. The Balaban J connectivity index is 1.65. The number of rotatable bonds is 3. The molecule has 2 amide bonds. The first-order chi connectivity index (χ1) is 12.1. The van der Waals surface area contributed by atoms with Gasteiger partial charge < -0.3 is 14.7 Å². The number of anilines is 1. The molecule has 0 saturated carbocycles. The number of carbonyl (C=O) groups is 2. The number of carbonyl (C=O) groups excluding carboxylic acids is 2. The Morgan fingerprint density at radius 1 is 1.36 bits per heavy atom. The highest BCUT2D eigenvalue weighted by molar-refractivity contribution is 5.89. The first-order valence-corrected chi connectivity index (χ1v) is 8.80. The number of hydrogen-bond donors (Lipinski definition) is 0. The van der Waals surface area contributed by atoms with Gasteiger partial charge in [-0.05, 0) is 25.5 Å². The number of aromatic nitrogens is 1. The first-order valence-electron chi connectivity index (χ1n) is 8.80. The van der Waals surface area contributed by atoms with E-state index < -0.39 is 0 Å². The second-order valence-electron chi connectivity index (χ2n) is 6.49. The van der Waals surface area contributed by atoms with E-state index >= 15 is 0 Å². The van der Waals surface area contributed by atoms with Gasteiger partial charge in [-0.15, -0.1) is 0 Å². The Morgan fingerprint density at radius 3 is 2.92 bits per heavy atom. The molecule has 7 heteroatoms. The van der Waals surface area contributed by atoms with Gasteiger partial charge in [0.2, 0.25) is 11.8 Å². The van der Waals surface area contributed by atoms with Gasteiger partial charge in [0.1, 0.15) is 11.9 Å². The molecule has 0 aromatic carbocycles. The molecule has 0 N–H and O–H groups in total. The van der Waals surface area contributed by atoms with Crippen LogP contribution in [0.15, 0.2) is 18.3 Å². The minimum atomic E-state index is -0.219. The van der Waals surface area contributed by atoms with Gasteiger partial charge in [-0.25, -0.2) is 4.98 Å². The molecule has 1 atom stereocenters. The van der Waals surface area contributed by atoms with Crippen LogP contribution in [0, 0.1) is 17.2 Å². The molecule has 132 valence electrons. The molecular weight excluding hydrogens is 318 g/mol. The Labute approximate surface area is 147 Å². The lowest BCUT2D eigenvalue weighted by Gasteiger charge is -2.25. The number of likely N-dealkylation sites (tertiary alicyclic amines) is 1. The molecule has 3 rings (SSSR count). The molecule has 1 aromatic heterocycles. The van der Waals surface area contributed by atoms with Gasteiger partial charge in [-0.2, -0.15) is 5.26 Å². The van der Waals surface area contributed by atoms with E-state index in [1.165, 1.54) is 0 Å². The van der Waals surface area contributed by atoms with E-state index in [9.17, 15) is 14.9 Å². The zero-order valence-corrected chi connectivity index (χ0v) is 14.5. The maximum atomic E-state index is 12.8. The quantitative estimate of drug-likeness (QED) is 0.815. The minimum Gasteiger partial charge on any atom is -0.354 e. The topological polar surface area (TPSA) is 80.5 Å². The monoisotopic (exact) mass is 341 g/mol. The summed E-state index contributed by atoms with van der Waals surface area (Å²) in [6, 6.07) is 5.70. The van der Waals surface area contributed by atoms with Crippen molar-refractivity contribution in [2.75, 3.05) is 44.2 Å². The van der Waals surface area contributed by atoms with Gasteiger partial charge >= 0.3 is 0 Å². The highest BCUT2D eigenvalue weighted by atomic mass is 16.2. The lowest BCUT2D eigenvalue weighted by atomic mass is 10.1. The Hall–Kier alpha value is -2.62. The normalized spacial score (nSPS) is 21.2. The molecule has 0 spiro atoms. The Morgan fingerprint density at radius 2 is 2.20 bits per heavy atom. The fourth-order valence-electron chi connectivity index (χ4n) is 3.59. The van der Waals surface area contributed by atoms with E-state index in [1.54, 1.807) is 23.2 Å². The summed E-state index contributed by atoms with van der Waals surface area (Å²) in [5, 5.41) is 9.26. The minimum absolute atomic E-state index is 0.0736. The second-order valence-corrected chi connectivity index (χ2v) is 6.49. The van der Waals surface area contributed by atoms with Crippen molar-refractivity contribution in [3.05, 3.63) is 23.9 Å². The van der Waals surface area contributed by atoms with Gasteiger partial charge in [-0.3, -0.25) is 9.59 Å². The number of hydrogen-bond acceptors (Lipinski definition) is 5. The van der Waals surface area contributed by atoms with Crippen molar-refractivity contribution in [2.45, 2.75) is 19.8 Å². The van der Waals surface area contributed by atoms with Crippen LogP contribution in [0.5, 0.6) is 0 Å². The summed E-state index contributed by atoms with van der Waals surface area (Å²) in [4.78, 5) is 34.7. The predicted molar refractivity (Wildman–Crippen MR) is 92.7 cm³/mol. The summed E-state index contributed by atoms with van der Waals surface area (Å²) < 4.78 is 0. The molecule has 2 fully saturated rings. The molecule has 2 aliphatic rings. The molecule has 0 unspecified atom stereocenters. The van der Waals surface area contributed by atoms with Crippen molar-refractivity contribution in [3.8, 4) is 6.07 Å². The molecule has 0 aliphatic carbocycles. The van der Waals surface area contributed by atoms with Crippen LogP contribution in [-0.4, -0.2) is 65.9 Å². The number of amides is 2. The van der Waals surface area contributed by atoms with E-state index in [4.69, 9.17) is 0 Å². The molecule has 7 nitrogen and oxygen atoms in total. The molecule has 3 heterocycles. The van der Waals surface area contributed by atoms with Crippen LogP contribution in [0.25, 0.3) is 0 Å². The van der Waals surface area contributed by atoms with Gasteiger partial charge in [0.15, 0.2) is 0 Å². The molecule has 1 aromatic rings. The third-order valence-electron chi connectivity index (χ3n) is 4.96. The summed E-state index contributed by atoms with van der Waals surface area (Å²) >= 11 is 0. The SMILES string of the molecule is CCN1C[C@@H](C(=O)N2CCCN(c3ncccc3C#N)CC2)CC1=O. The standard InChI is InChI=1S/C18H23N5O2/c1-2-21-13-15(11-16(21)24)18(25)23-8-4-7-22(9-10-23)17-14(12-19)5-3-6-20-17/h3,5-6,15H,2,4,7-11,13H2,1H3/t15-/m0/s1. The summed E-state index contributed by atoms with van der Waals surface area (Å²) in [5.74, 6) is 0.619. The van der Waals surface area contributed by atoms with Gasteiger partial charge in [0.05, 0.1) is 11.5 Å². The van der Waals surface area contributed by atoms with E-state index in [-0.39, 0.29) is 17.7 Å². The van der Waals surface area contributed by atoms with E-state index in [0.29, 0.717) is 50.5 Å². The highest BCUT2D eigenvalue weighted by Gasteiger charge is 2.36. The molecule has 0 radical (unpaired) electrons. The molecular formula is C18H23N5O2. The van der Waals surface area contributed by atoms with Crippen LogP contribution in [0.3, 0.4) is 0 Å². The average molecular weight is 341 g/mol. The Bertz CT molecular complexity index is 699. The van der Waals surface area contributed by atoms with Crippen LogP contribution in [0.1, 0.15) is 25.3 Å². The first kappa shape index (κ1) is 17.2. The molecule has 25 heavy (non-hydrogen) atoms. The van der Waals surface area contributed by atoms with Crippen LogP contribution in [0.2, 0.25) is 0 Å². The lowest BCUT2D eigenvalue weighted by Crippen LogP contribution is -2.40. The fraction of sp³-hybridized carbons (Fsp3) is 0.556. The number of pyridine rings is 1. The zero-order valence-electron chi connectivity index (χ0n) is 14.5. The van der Waals surface area contributed by atoms with E-state index in [2.05, 4.69) is 16.0 Å². The van der Waals surface area contributed by atoms with Crippen molar-refractivity contribution in [2.24, 2.45) is 5.92 Å². The summed E-state index contributed by atoms with van der Waals surface area (Å²) in [6.45, 7) is 5.82. The summed E-state index contributed by atoms with van der Waals surface area (Å²) in [5.41, 5.74) is 0.558.